The van der Waals surface area contributed by atoms with Crippen LogP contribution in [0.5, 0.6) is 0 Å². The molecule has 1 aliphatic rings. The molecule has 86 valence electrons. The molecular weight excluding hydrogens is 197 g/mol. The molecule has 3 nitrogen and oxygen atoms in total. The van der Waals surface area contributed by atoms with Crippen LogP contribution in [0.4, 0.5) is 4.39 Å². The Morgan fingerprint density at radius 3 is 2.13 bits per heavy atom. The van der Waals surface area contributed by atoms with Crippen molar-refractivity contribution in [3.8, 4) is 0 Å². The molecule has 15 heavy (non-hydrogen) atoms. The largest absolute Gasteiger partial charge is 0.387 e. The fraction of sp³-hybridized carbons (Fsp3) is 0.909. The van der Waals surface area contributed by atoms with Crippen LogP contribution >= 0.6 is 0 Å². The zero-order valence-electron chi connectivity index (χ0n) is 9.57. The lowest BCUT2D eigenvalue weighted by molar-refractivity contribution is -0.0777. The van der Waals surface area contributed by atoms with Crippen LogP contribution < -0.4 is 0 Å². The van der Waals surface area contributed by atoms with E-state index >= 15 is 0 Å². The van der Waals surface area contributed by atoms with Gasteiger partial charge in [-0.3, -0.25) is 9.58 Å². The Kier molecular flexibility index (Phi) is 3.37. The SMILES string of the molecule is [C-]#[N+]C1(C(C)C)OC(C(C)C)C(O)C1F. The van der Waals surface area contributed by atoms with E-state index < -0.39 is 24.1 Å². The monoisotopic (exact) mass is 215 g/mol. The minimum absolute atomic E-state index is 0.000579. The molecule has 0 aliphatic carbocycles. The number of nitrogens with zero attached hydrogens (tertiary/aromatic N) is 1. The van der Waals surface area contributed by atoms with Gasteiger partial charge in [-0.15, -0.1) is 0 Å². The fourth-order valence-electron chi connectivity index (χ4n) is 1.97. The summed E-state index contributed by atoms with van der Waals surface area (Å²) in [5.41, 5.74) is -1.51. The maximum atomic E-state index is 13.9. The van der Waals surface area contributed by atoms with Gasteiger partial charge in [0.05, 0.1) is 12.0 Å². The molecule has 0 aromatic carbocycles. The van der Waals surface area contributed by atoms with Gasteiger partial charge in [-0.1, -0.05) is 27.7 Å². The van der Waals surface area contributed by atoms with Crippen molar-refractivity contribution < 1.29 is 14.2 Å². The highest BCUT2D eigenvalue weighted by atomic mass is 19.1. The van der Waals surface area contributed by atoms with E-state index in [0.717, 1.165) is 0 Å². The first-order valence-electron chi connectivity index (χ1n) is 5.25. The highest BCUT2D eigenvalue weighted by Crippen LogP contribution is 2.42. The number of ether oxygens (including phenoxy) is 1. The third-order valence-electron chi connectivity index (χ3n) is 3.02. The summed E-state index contributed by atoms with van der Waals surface area (Å²) >= 11 is 0. The number of rotatable bonds is 2. The molecular formula is C11H18FNO2. The van der Waals surface area contributed by atoms with E-state index in [9.17, 15) is 9.50 Å². The van der Waals surface area contributed by atoms with Crippen molar-refractivity contribution in [3.63, 3.8) is 0 Å². The second kappa shape index (κ2) is 4.07. The predicted octanol–water partition coefficient (Wildman–Crippen LogP) is 2.01. The summed E-state index contributed by atoms with van der Waals surface area (Å²) in [4.78, 5) is 3.28. The van der Waals surface area contributed by atoms with Crippen LogP contribution in [0.15, 0.2) is 0 Å². The zero-order chi connectivity index (χ0) is 11.8. The maximum absolute atomic E-state index is 13.9. The van der Waals surface area contributed by atoms with Gasteiger partial charge in [0.25, 0.3) is 0 Å². The van der Waals surface area contributed by atoms with Gasteiger partial charge in [0.2, 0.25) is 6.17 Å². The summed E-state index contributed by atoms with van der Waals surface area (Å²) in [5, 5.41) is 9.70. The highest BCUT2D eigenvalue weighted by Gasteiger charge is 2.63. The summed E-state index contributed by atoms with van der Waals surface area (Å²) in [5.74, 6) is -0.274. The van der Waals surface area contributed by atoms with Gasteiger partial charge in [0.1, 0.15) is 6.10 Å². The Labute approximate surface area is 90.1 Å². The molecule has 4 atom stereocenters. The zero-order valence-corrected chi connectivity index (χ0v) is 9.57. The van der Waals surface area contributed by atoms with Crippen LogP contribution in [0.25, 0.3) is 4.85 Å². The van der Waals surface area contributed by atoms with Gasteiger partial charge in [0.15, 0.2) is 0 Å². The normalized spacial score (nSPS) is 41.1. The maximum Gasteiger partial charge on any atom is 0.373 e. The number of aliphatic hydroxyl groups is 1. The molecule has 1 aliphatic heterocycles. The summed E-state index contributed by atoms with van der Waals surface area (Å²) in [6.45, 7) is 14.2. The number of aliphatic hydroxyl groups excluding tert-OH is 1. The minimum Gasteiger partial charge on any atom is -0.387 e. The van der Waals surface area contributed by atoms with Gasteiger partial charge in [-0.05, 0) is 5.92 Å². The number of hydrogen-bond donors (Lipinski definition) is 1. The average molecular weight is 215 g/mol. The summed E-state index contributed by atoms with van der Waals surface area (Å²) in [6.07, 6.45) is -3.40. The Morgan fingerprint density at radius 2 is 1.93 bits per heavy atom. The Bertz CT molecular complexity index is 274. The van der Waals surface area contributed by atoms with Gasteiger partial charge in [-0.25, -0.2) is 11.0 Å². The molecule has 0 saturated carbocycles. The van der Waals surface area contributed by atoms with Crippen LogP contribution in [0, 0.1) is 18.4 Å². The van der Waals surface area contributed by atoms with E-state index in [1.165, 1.54) is 0 Å². The van der Waals surface area contributed by atoms with Crippen LogP contribution in [0.1, 0.15) is 27.7 Å². The van der Waals surface area contributed by atoms with Crippen molar-refractivity contribution in [2.45, 2.75) is 51.8 Å². The Morgan fingerprint density at radius 1 is 1.40 bits per heavy atom. The molecule has 0 aromatic rings. The van der Waals surface area contributed by atoms with Crippen LogP contribution in [-0.4, -0.2) is 29.2 Å². The summed E-state index contributed by atoms with van der Waals surface area (Å²) in [6, 6.07) is 0. The average Bonchev–Trinajstić information content (AvgIpc) is 2.42. The quantitative estimate of drug-likeness (QED) is 0.715. The molecule has 0 bridgehead atoms. The van der Waals surface area contributed by atoms with Gasteiger partial charge in [0, 0.05) is 0 Å². The first kappa shape index (κ1) is 12.4. The number of alkyl halides is 1. The van der Waals surface area contributed by atoms with Crippen LogP contribution in [-0.2, 0) is 4.74 Å². The van der Waals surface area contributed by atoms with E-state index in [0.29, 0.717) is 0 Å². The standard InChI is InChI=1S/C11H18FNO2/c1-6(2)9-8(14)10(12)11(13-5,15-9)7(3)4/h6-10,14H,1-4H3. The second-order valence-electron chi connectivity index (χ2n) is 4.74. The van der Waals surface area contributed by atoms with Crippen molar-refractivity contribution in [1.82, 2.24) is 0 Å². The smallest absolute Gasteiger partial charge is 0.373 e. The number of halogens is 1. The first-order chi connectivity index (χ1) is 6.86. The lowest BCUT2D eigenvalue weighted by Gasteiger charge is -2.22. The van der Waals surface area contributed by atoms with Crippen LogP contribution in [0.2, 0.25) is 0 Å². The fourth-order valence-corrected chi connectivity index (χ4v) is 1.97. The minimum atomic E-state index is -1.62. The molecule has 0 radical (unpaired) electrons. The van der Waals surface area contributed by atoms with E-state index in [4.69, 9.17) is 11.3 Å². The van der Waals surface area contributed by atoms with Gasteiger partial charge >= 0.3 is 5.72 Å². The molecule has 4 heteroatoms. The molecule has 4 unspecified atom stereocenters. The molecule has 1 fully saturated rings. The second-order valence-corrected chi connectivity index (χ2v) is 4.74. The van der Waals surface area contributed by atoms with Crippen molar-refractivity contribution in [2.24, 2.45) is 11.8 Å². The molecule has 1 N–H and O–H groups in total. The topological polar surface area (TPSA) is 33.8 Å². The van der Waals surface area contributed by atoms with E-state index in [-0.39, 0.29) is 11.8 Å². The molecule has 1 rings (SSSR count). The summed E-state index contributed by atoms with van der Waals surface area (Å²) < 4.78 is 19.4. The number of hydrogen-bond acceptors (Lipinski definition) is 2. The first-order valence-corrected chi connectivity index (χ1v) is 5.25. The Hall–Kier alpha value is -0.660. The van der Waals surface area contributed by atoms with Gasteiger partial charge < -0.3 is 5.11 Å². The Balaban J connectivity index is 3.01. The molecule has 0 spiro atoms. The highest BCUT2D eigenvalue weighted by molar-refractivity contribution is 5.09. The molecule has 0 amide bonds. The lowest BCUT2D eigenvalue weighted by Crippen LogP contribution is -2.41. The van der Waals surface area contributed by atoms with E-state index in [1.54, 1.807) is 13.8 Å². The van der Waals surface area contributed by atoms with Crippen molar-refractivity contribution in [3.05, 3.63) is 11.4 Å². The lowest BCUT2D eigenvalue weighted by atomic mass is 9.92. The van der Waals surface area contributed by atoms with Gasteiger partial charge in [-0.2, -0.15) is 0 Å². The van der Waals surface area contributed by atoms with E-state index in [1.807, 2.05) is 13.8 Å². The third kappa shape index (κ3) is 1.75. The predicted molar refractivity (Wildman–Crippen MR) is 54.8 cm³/mol. The van der Waals surface area contributed by atoms with Crippen molar-refractivity contribution >= 4 is 0 Å². The van der Waals surface area contributed by atoms with Crippen molar-refractivity contribution in [2.75, 3.05) is 0 Å². The molecule has 0 aromatic heterocycles. The van der Waals surface area contributed by atoms with Crippen molar-refractivity contribution in [1.29, 1.82) is 0 Å². The van der Waals surface area contributed by atoms with Crippen LogP contribution in [0.3, 0.4) is 0 Å². The third-order valence-corrected chi connectivity index (χ3v) is 3.02. The molecule has 1 heterocycles. The summed E-state index contributed by atoms with van der Waals surface area (Å²) in [7, 11) is 0. The molecule has 1 saturated heterocycles. The van der Waals surface area contributed by atoms with E-state index in [2.05, 4.69) is 4.85 Å².